The largest absolute Gasteiger partial charge is 0.325 e. The normalized spacial score (nSPS) is 20.8. The molecule has 3 rings (SSSR count). The summed E-state index contributed by atoms with van der Waals surface area (Å²) < 4.78 is 0. The van der Waals surface area contributed by atoms with E-state index in [-0.39, 0.29) is 16.8 Å². The number of carbonyl (C=O) groups is 3. The molecule has 2 aliphatic rings. The summed E-state index contributed by atoms with van der Waals surface area (Å²) >= 11 is 1.29. The molecule has 0 aromatic heterocycles. The van der Waals surface area contributed by atoms with Crippen LogP contribution in [0.15, 0.2) is 30.3 Å². The Morgan fingerprint density at radius 2 is 1.72 bits per heavy atom. The Kier molecular flexibility index (Phi) is 6.29. The molecule has 25 heavy (non-hydrogen) atoms. The third-order valence-electron chi connectivity index (χ3n) is 5.20. The molecule has 134 valence electrons. The van der Waals surface area contributed by atoms with E-state index in [1.807, 2.05) is 18.2 Å². The van der Waals surface area contributed by atoms with Crippen molar-refractivity contribution in [1.29, 1.82) is 0 Å². The number of carbonyl (C=O) groups excluding carboxylic acids is 3. The average Bonchev–Trinajstić information content (AvgIpc) is 3.33. The molecule has 0 unspecified atom stereocenters. The van der Waals surface area contributed by atoms with Crippen LogP contribution in [0, 0.1) is 5.92 Å². The van der Waals surface area contributed by atoms with Crippen LogP contribution in [-0.4, -0.2) is 40.0 Å². The summed E-state index contributed by atoms with van der Waals surface area (Å²) in [5.41, 5.74) is 1.21. The maximum atomic E-state index is 12.6. The lowest BCUT2D eigenvalue weighted by molar-refractivity contribution is -0.148. The first-order valence-corrected chi connectivity index (χ1v) is 10.2. The number of hydrogen-bond acceptors (Lipinski definition) is 4. The number of aryl methyl sites for hydroxylation is 1. The number of thioether (sulfide) groups is 1. The van der Waals surface area contributed by atoms with Gasteiger partial charge in [0.2, 0.25) is 10.9 Å². The number of nitrogens with zero attached hydrogens (tertiary/aromatic N) is 1. The minimum Gasteiger partial charge on any atom is -0.325 e. The average molecular weight is 359 g/mol. The Bertz CT molecular complexity index is 625. The standard InChI is InChI=1S/C20H25NO3S/c22-18(16-9-4-5-10-16)19(23)21-13-6-11-17(21)20(24)25-14-12-15-7-2-1-3-8-15/h1-3,7-8,16-17H,4-6,9-14H2/t17-/m0/s1. The van der Waals surface area contributed by atoms with Crippen molar-refractivity contribution in [2.24, 2.45) is 5.92 Å². The van der Waals surface area contributed by atoms with Crippen molar-refractivity contribution >= 4 is 28.6 Å². The van der Waals surface area contributed by atoms with Crippen LogP contribution < -0.4 is 0 Å². The first kappa shape index (κ1) is 18.2. The van der Waals surface area contributed by atoms with Gasteiger partial charge in [0, 0.05) is 18.2 Å². The second kappa shape index (κ2) is 8.65. The van der Waals surface area contributed by atoms with Gasteiger partial charge in [-0.1, -0.05) is 54.9 Å². The van der Waals surface area contributed by atoms with E-state index in [2.05, 4.69) is 12.1 Å². The molecule has 0 radical (unpaired) electrons. The van der Waals surface area contributed by atoms with Gasteiger partial charge in [-0.2, -0.15) is 0 Å². The van der Waals surface area contributed by atoms with Gasteiger partial charge in [0.1, 0.15) is 6.04 Å². The maximum Gasteiger partial charge on any atom is 0.290 e. The van der Waals surface area contributed by atoms with Gasteiger partial charge < -0.3 is 4.90 Å². The molecule has 0 spiro atoms. The van der Waals surface area contributed by atoms with Crippen LogP contribution in [0.3, 0.4) is 0 Å². The fourth-order valence-corrected chi connectivity index (χ4v) is 4.75. The smallest absolute Gasteiger partial charge is 0.290 e. The fourth-order valence-electron chi connectivity index (χ4n) is 3.77. The zero-order chi connectivity index (χ0) is 17.6. The van der Waals surface area contributed by atoms with Crippen LogP contribution in [0.4, 0.5) is 0 Å². The van der Waals surface area contributed by atoms with Gasteiger partial charge in [0.05, 0.1) is 0 Å². The van der Waals surface area contributed by atoms with Crippen LogP contribution in [0.2, 0.25) is 0 Å². The van der Waals surface area contributed by atoms with E-state index in [9.17, 15) is 14.4 Å². The van der Waals surface area contributed by atoms with E-state index in [0.717, 1.165) is 38.5 Å². The van der Waals surface area contributed by atoms with Gasteiger partial charge in [-0.25, -0.2) is 0 Å². The lowest BCUT2D eigenvalue weighted by Crippen LogP contribution is -2.44. The van der Waals surface area contributed by atoms with Gasteiger partial charge in [-0.3, -0.25) is 14.4 Å². The van der Waals surface area contributed by atoms with Crippen LogP contribution >= 0.6 is 11.8 Å². The van der Waals surface area contributed by atoms with Crippen molar-refractivity contribution in [2.45, 2.75) is 51.0 Å². The Labute approximate surface area is 153 Å². The minimum atomic E-state index is -0.425. The molecule has 1 aromatic rings. The highest BCUT2D eigenvalue weighted by Crippen LogP contribution is 2.29. The van der Waals surface area contributed by atoms with Gasteiger partial charge in [0.15, 0.2) is 0 Å². The molecular formula is C20H25NO3S. The van der Waals surface area contributed by atoms with Crippen LogP contribution in [-0.2, 0) is 20.8 Å². The van der Waals surface area contributed by atoms with Gasteiger partial charge in [-0.05, 0) is 37.7 Å². The molecule has 5 heteroatoms. The van der Waals surface area contributed by atoms with E-state index in [1.165, 1.54) is 17.3 Å². The molecule has 1 amide bonds. The summed E-state index contributed by atoms with van der Waals surface area (Å²) in [5, 5.41) is 0.0287. The molecular weight excluding hydrogens is 334 g/mol. The lowest BCUT2D eigenvalue weighted by Gasteiger charge is -2.23. The van der Waals surface area contributed by atoms with Crippen LogP contribution in [0.5, 0.6) is 0 Å². The van der Waals surface area contributed by atoms with Crippen LogP contribution in [0.25, 0.3) is 0 Å². The molecule has 4 nitrogen and oxygen atoms in total. The Balaban J connectivity index is 1.52. The lowest BCUT2D eigenvalue weighted by atomic mass is 10.0. The molecule has 0 bridgehead atoms. The number of hydrogen-bond donors (Lipinski definition) is 0. The van der Waals surface area contributed by atoms with E-state index in [1.54, 1.807) is 4.90 Å². The molecule has 0 N–H and O–H groups in total. The predicted molar refractivity (Wildman–Crippen MR) is 99.3 cm³/mol. The predicted octanol–water partition coefficient (Wildman–Crippen LogP) is 3.24. The fraction of sp³-hybridized carbons (Fsp3) is 0.550. The van der Waals surface area contributed by atoms with E-state index in [4.69, 9.17) is 0 Å². The van der Waals surface area contributed by atoms with E-state index < -0.39 is 11.9 Å². The Morgan fingerprint density at radius 1 is 1.00 bits per heavy atom. The highest BCUT2D eigenvalue weighted by atomic mass is 32.2. The van der Waals surface area contributed by atoms with Crippen molar-refractivity contribution in [2.75, 3.05) is 12.3 Å². The van der Waals surface area contributed by atoms with Crippen molar-refractivity contribution in [3.8, 4) is 0 Å². The third-order valence-corrected chi connectivity index (χ3v) is 6.17. The summed E-state index contributed by atoms with van der Waals surface area (Å²) in [5.74, 6) is -0.106. The summed E-state index contributed by atoms with van der Waals surface area (Å²) in [6.45, 7) is 0.535. The zero-order valence-corrected chi connectivity index (χ0v) is 15.3. The Hall–Kier alpha value is -1.62. The van der Waals surface area contributed by atoms with Gasteiger partial charge in [-0.15, -0.1) is 0 Å². The summed E-state index contributed by atoms with van der Waals surface area (Å²) in [6, 6.07) is 9.65. The number of Topliss-reactive ketones (excluding diaryl/α,β-unsaturated/α-hetero) is 1. The summed E-state index contributed by atoms with van der Waals surface area (Å²) in [6.07, 6.45) is 6.02. The first-order valence-electron chi connectivity index (χ1n) is 9.22. The molecule has 1 saturated carbocycles. The zero-order valence-electron chi connectivity index (χ0n) is 14.5. The van der Waals surface area contributed by atoms with E-state index in [0.29, 0.717) is 18.7 Å². The quantitative estimate of drug-likeness (QED) is 0.732. The van der Waals surface area contributed by atoms with Crippen molar-refractivity contribution in [3.05, 3.63) is 35.9 Å². The molecule has 1 atom stereocenters. The molecule has 1 heterocycles. The van der Waals surface area contributed by atoms with Crippen molar-refractivity contribution in [1.82, 2.24) is 4.90 Å². The van der Waals surface area contributed by atoms with Crippen molar-refractivity contribution < 1.29 is 14.4 Å². The molecule has 1 aliphatic carbocycles. The molecule has 1 aromatic carbocycles. The Morgan fingerprint density at radius 3 is 2.44 bits per heavy atom. The molecule has 2 fully saturated rings. The van der Waals surface area contributed by atoms with Gasteiger partial charge >= 0.3 is 0 Å². The SMILES string of the molecule is O=C(C(=O)N1CCC[C@H]1C(=O)SCCc1ccccc1)C1CCCC1. The third kappa shape index (κ3) is 4.51. The summed E-state index contributed by atoms with van der Waals surface area (Å²) in [4.78, 5) is 39.0. The second-order valence-electron chi connectivity index (χ2n) is 6.91. The maximum absolute atomic E-state index is 12.6. The number of ketones is 1. The number of rotatable bonds is 6. The monoisotopic (exact) mass is 359 g/mol. The van der Waals surface area contributed by atoms with E-state index >= 15 is 0 Å². The minimum absolute atomic E-state index is 0.0287. The topological polar surface area (TPSA) is 54.5 Å². The number of amides is 1. The van der Waals surface area contributed by atoms with Crippen molar-refractivity contribution in [3.63, 3.8) is 0 Å². The molecule has 1 aliphatic heterocycles. The highest BCUT2D eigenvalue weighted by molar-refractivity contribution is 8.13. The molecule has 1 saturated heterocycles. The second-order valence-corrected chi connectivity index (χ2v) is 8.00. The van der Waals surface area contributed by atoms with Gasteiger partial charge in [0.25, 0.3) is 5.91 Å². The summed E-state index contributed by atoms with van der Waals surface area (Å²) in [7, 11) is 0. The van der Waals surface area contributed by atoms with Crippen LogP contribution in [0.1, 0.15) is 44.1 Å². The number of benzene rings is 1. The highest BCUT2D eigenvalue weighted by Gasteiger charge is 2.39. The first-order chi connectivity index (χ1) is 12.2. The number of likely N-dealkylation sites (tertiary alicyclic amines) is 1.